The second-order valence-corrected chi connectivity index (χ2v) is 4.72. The Morgan fingerprint density at radius 2 is 2.00 bits per heavy atom. The number of pyridine rings is 1. The van der Waals surface area contributed by atoms with Crippen LogP contribution in [0.1, 0.15) is 12.0 Å². The predicted octanol–water partition coefficient (Wildman–Crippen LogP) is 1.99. The van der Waals surface area contributed by atoms with Crippen LogP contribution in [0.4, 0.5) is 11.5 Å². The molecule has 1 heterocycles. The summed E-state index contributed by atoms with van der Waals surface area (Å²) in [5.41, 5.74) is 7.34. The van der Waals surface area contributed by atoms with E-state index in [4.69, 9.17) is 10.5 Å². The Hall–Kier alpha value is -2.60. The van der Waals surface area contributed by atoms with Crippen LogP contribution in [0.5, 0.6) is 5.75 Å². The number of hydrogen-bond acceptors (Lipinski definition) is 5. The van der Waals surface area contributed by atoms with E-state index in [-0.39, 0.29) is 5.91 Å². The third kappa shape index (κ3) is 4.75. The van der Waals surface area contributed by atoms with Crippen molar-refractivity contribution in [3.8, 4) is 5.75 Å². The highest BCUT2D eigenvalue weighted by Gasteiger charge is 2.02. The topological polar surface area (TPSA) is 89.3 Å². The third-order valence-electron chi connectivity index (χ3n) is 3.06. The molecule has 1 amide bonds. The van der Waals surface area contributed by atoms with Crippen LogP contribution in [0, 0.1) is 0 Å². The Morgan fingerprint density at radius 1 is 1.23 bits per heavy atom. The van der Waals surface area contributed by atoms with Crippen molar-refractivity contribution < 1.29 is 9.53 Å². The summed E-state index contributed by atoms with van der Waals surface area (Å²) in [6.07, 6.45) is 1.97. The lowest BCUT2D eigenvalue weighted by atomic mass is 10.2. The van der Waals surface area contributed by atoms with E-state index in [2.05, 4.69) is 15.6 Å². The van der Waals surface area contributed by atoms with E-state index in [1.54, 1.807) is 19.4 Å². The minimum Gasteiger partial charge on any atom is -0.497 e. The zero-order chi connectivity index (χ0) is 15.8. The number of benzene rings is 1. The number of anilines is 2. The molecule has 0 unspecified atom stereocenters. The standard InChI is InChI=1S/C16H20N4O2/c1-22-14-5-2-12(3-6-14)10-18-13-4-7-15(19-11-13)20-16(21)8-9-17/h2-7,11,18H,8-10,17H2,1H3,(H,19,20,21). The molecule has 2 rings (SSSR count). The number of carbonyl (C=O) groups is 1. The van der Waals surface area contributed by atoms with E-state index < -0.39 is 0 Å². The molecule has 0 bridgehead atoms. The van der Waals surface area contributed by atoms with Gasteiger partial charge in [0.2, 0.25) is 5.91 Å². The Balaban J connectivity index is 1.86. The Bertz CT molecular complexity index is 597. The predicted molar refractivity (Wildman–Crippen MR) is 86.9 cm³/mol. The quantitative estimate of drug-likeness (QED) is 0.727. The number of amides is 1. The number of nitrogens with one attached hydrogen (secondary N) is 2. The first-order valence-corrected chi connectivity index (χ1v) is 7.04. The first-order chi connectivity index (χ1) is 10.7. The molecule has 2 aromatic rings. The molecular formula is C16H20N4O2. The average Bonchev–Trinajstić information content (AvgIpc) is 2.55. The molecule has 0 saturated heterocycles. The highest BCUT2D eigenvalue weighted by atomic mass is 16.5. The van der Waals surface area contributed by atoms with Crippen LogP contribution < -0.4 is 21.1 Å². The SMILES string of the molecule is COc1ccc(CNc2ccc(NC(=O)CCN)nc2)cc1. The molecule has 0 aliphatic carbocycles. The maximum Gasteiger partial charge on any atom is 0.226 e. The van der Waals surface area contributed by atoms with Crippen LogP contribution in [0.15, 0.2) is 42.6 Å². The molecule has 6 heteroatoms. The molecule has 0 atom stereocenters. The van der Waals surface area contributed by atoms with Crippen molar-refractivity contribution in [1.82, 2.24) is 4.98 Å². The third-order valence-corrected chi connectivity index (χ3v) is 3.06. The van der Waals surface area contributed by atoms with Gasteiger partial charge in [-0.3, -0.25) is 4.79 Å². The largest absolute Gasteiger partial charge is 0.497 e. The molecule has 22 heavy (non-hydrogen) atoms. The van der Waals surface area contributed by atoms with Crippen LogP contribution in [0.2, 0.25) is 0 Å². The van der Waals surface area contributed by atoms with E-state index in [0.29, 0.717) is 25.3 Å². The van der Waals surface area contributed by atoms with Crippen molar-refractivity contribution in [2.24, 2.45) is 5.73 Å². The first-order valence-electron chi connectivity index (χ1n) is 7.04. The molecule has 1 aromatic heterocycles. The van der Waals surface area contributed by atoms with E-state index >= 15 is 0 Å². The van der Waals surface area contributed by atoms with Crippen LogP contribution in [-0.2, 0) is 11.3 Å². The number of aromatic nitrogens is 1. The monoisotopic (exact) mass is 300 g/mol. The van der Waals surface area contributed by atoms with Crippen molar-refractivity contribution >= 4 is 17.4 Å². The molecular weight excluding hydrogens is 280 g/mol. The van der Waals surface area contributed by atoms with Gasteiger partial charge < -0.3 is 21.1 Å². The second-order valence-electron chi connectivity index (χ2n) is 4.72. The molecule has 0 aliphatic heterocycles. The van der Waals surface area contributed by atoms with Crippen molar-refractivity contribution in [2.45, 2.75) is 13.0 Å². The molecule has 6 nitrogen and oxygen atoms in total. The summed E-state index contributed by atoms with van der Waals surface area (Å²) in [6, 6.07) is 11.5. The van der Waals surface area contributed by atoms with Gasteiger partial charge in [0.15, 0.2) is 0 Å². The van der Waals surface area contributed by atoms with E-state index in [9.17, 15) is 4.79 Å². The normalized spacial score (nSPS) is 10.1. The number of hydrogen-bond donors (Lipinski definition) is 3. The summed E-state index contributed by atoms with van der Waals surface area (Å²) in [6.45, 7) is 1.01. The highest BCUT2D eigenvalue weighted by Crippen LogP contribution is 2.14. The fourth-order valence-electron chi connectivity index (χ4n) is 1.86. The van der Waals surface area contributed by atoms with E-state index in [1.165, 1.54) is 0 Å². The zero-order valence-electron chi connectivity index (χ0n) is 12.5. The van der Waals surface area contributed by atoms with Gasteiger partial charge in [-0.1, -0.05) is 12.1 Å². The van der Waals surface area contributed by atoms with Crippen molar-refractivity contribution in [3.05, 3.63) is 48.2 Å². The summed E-state index contributed by atoms with van der Waals surface area (Å²) in [5.74, 6) is 1.23. The fraction of sp³-hybridized carbons (Fsp3) is 0.250. The Kier molecular flexibility index (Phi) is 5.73. The van der Waals surface area contributed by atoms with Gasteiger partial charge in [-0.05, 0) is 29.8 Å². The second kappa shape index (κ2) is 7.99. The van der Waals surface area contributed by atoms with Crippen molar-refractivity contribution in [2.75, 3.05) is 24.3 Å². The Labute approximate surface area is 129 Å². The zero-order valence-corrected chi connectivity index (χ0v) is 12.5. The first kappa shape index (κ1) is 15.8. The lowest BCUT2D eigenvalue weighted by Crippen LogP contribution is -2.16. The number of rotatable bonds is 7. The summed E-state index contributed by atoms with van der Waals surface area (Å²) >= 11 is 0. The minimum absolute atomic E-state index is 0.131. The molecule has 0 radical (unpaired) electrons. The molecule has 0 saturated carbocycles. The minimum atomic E-state index is -0.131. The number of methoxy groups -OCH3 is 1. The van der Waals surface area contributed by atoms with Crippen LogP contribution in [0.3, 0.4) is 0 Å². The highest BCUT2D eigenvalue weighted by molar-refractivity contribution is 5.89. The van der Waals surface area contributed by atoms with Gasteiger partial charge in [0.1, 0.15) is 11.6 Å². The summed E-state index contributed by atoms with van der Waals surface area (Å²) in [5, 5.41) is 5.95. The molecule has 0 fully saturated rings. The van der Waals surface area contributed by atoms with Crippen LogP contribution in [0.25, 0.3) is 0 Å². The lowest BCUT2D eigenvalue weighted by Gasteiger charge is -2.08. The van der Waals surface area contributed by atoms with Gasteiger partial charge in [0.25, 0.3) is 0 Å². The summed E-state index contributed by atoms with van der Waals surface area (Å²) in [7, 11) is 1.65. The molecule has 4 N–H and O–H groups in total. The van der Waals surface area contributed by atoms with Crippen LogP contribution >= 0.6 is 0 Å². The number of nitrogens with two attached hydrogens (primary N) is 1. The van der Waals surface area contributed by atoms with E-state index in [1.807, 2.05) is 30.3 Å². The van der Waals surface area contributed by atoms with Gasteiger partial charge in [0.05, 0.1) is 19.0 Å². The van der Waals surface area contributed by atoms with Crippen molar-refractivity contribution in [3.63, 3.8) is 0 Å². The van der Waals surface area contributed by atoms with Gasteiger partial charge in [-0.25, -0.2) is 4.98 Å². The smallest absolute Gasteiger partial charge is 0.226 e. The van der Waals surface area contributed by atoms with Gasteiger partial charge in [-0.2, -0.15) is 0 Å². The number of carbonyl (C=O) groups excluding carboxylic acids is 1. The lowest BCUT2D eigenvalue weighted by molar-refractivity contribution is -0.116. The number of ether oxygens (including phenoxy) is 1. The van der Waals surface area contributed by atoms with Crippen molar-refractivity contribution in [1.29, 1.82) is 0 Å². The van der Waals surface area contributed by atoms with Gasteiger partial charge in [-0.15, -0.1) is 0 Å². The molecule has 0 aliphatic rings. The van der Waals surface area contributed by atoms with Crippen LogP contribution in [-0.4, -0.2) is 24.5 Å². The number of nitrogens with zero attached hydrogens (tertiary/aromatic N) is 1. The maximum atomic E-state index is 11.4. The van der Waals surface area contributed by atoms with Gasteiger partial charge >= 0.3 is 0 Å². The molecule has 116 valence electrons. The average molecular weight is 300 g/mol. The summed E-state index contributed by atoms with van der Waals surface area (Å²) in [4.78, 5) is 15.6. The van der Waals surface area contributed by atoms with Gasteiger partial charge in [0, 0.05) is 19.5 Å². The molecule has 1 aromatic carbocycles. The Morgan fingerprint density at radius 3 is 2.59 bits per heavy atom. The van der Waals surface area contributed by atoms with E-state index in [0.717, 1.165) is 17.0 Å². The molecule has 0 spiro atoms. The summed E-state index contributed by atoms with van der Waals surface area (Å²) < 4.78 is 5.12. The fourth-order valence-corrected chi connectivity index (χ4v) is 1.86. The maximum absolute atomic E-state index is 11.4.